The third-order valence-corrected chi connectivity index (χ3v) is 9.64. The van der Waals surface area contributed by atoms with E-state index >= 15 is 0 Å². The first-order valence-electron chi connectivity index (χ1n) is 13.4. The van der Waals surface area contributed by atoms with Crippen LogP contribution in [0.1, 0.15) is 13.2 Å². The number of aromatic nitrogens is 2. The number of rotatable bonds is 16. The SMILES string of the molecule is CC(=O)NC1C(OP(=O)(O)OP(=O)(O)OC[C@H]2O[C@@H](n3ccc(=O)[nH]c3=O)[C@H](O)[C@@H]2O)OC(CO)C(OCC(OP(=O)(O)O)C(=O)O)C1O. The molecule has 0 aromatic carbocycles. The molecule has 2 fully saturated rings. The fourth-order valence-corrected chi connectivity index (χ4v) is 7.11. The van der Waals surface area contributed by atoms with Crippen molar-refractivity contribution in [2.24, 2.45) is 0 Å². The molecule has 26 nitrogen and oxygen atoms in total. The Morgan fingerprint density at radius 3 is 2.22 bits per heavy atom. The molecule has 1 aromatic heterocycles. The quantitative estimate of drug-likeness (QED) is 0.0700. The van der Waals surface area contributed by atoms with Crippen molar-refractivity contribution >= 4 is 35.3 Å². The molecular weight excluding hydrogens is 743 g/mol. The van der Waals surface area contributed by atoms with Crippen LogP contribution in [0, 0.1) is 0 Å². The van der Waals surface area contributed by atoms with Gasteiger partial charge in [0, 0.05) is 19.2 Å². The molecule has 3 rings (SSSR count). The number of H-pyrrole nitrogens is 1. The van der Waals surface area contributed by atoms with Crippen molar-refractivity contribution in [3.05, 3.63) is 33.1 Å². The third-order valence-electron chi connectivity index (χ3n) is 6.51. The number of aliphatic hydroxyl groups excluding tert-OH is 4. The van der Waals surface area contributed by atoms with Crippen LogP contribution in [-0.4, -0.2) is 141 Å². The van der Waals surface area contributed by atoms with E-state index < -0.39 is 128 Å². The number of aliphatic hydroxyl groups is 4. The molecule has 1 aromatic rings. The number of phosphoric ester groups is 3. The summed E-state index contributed by atoms with van der Waals surface area (Å²) in [6.45, 7) is -2.51. The molecule has 0 spiro atoms. The van der Waals surface area contributed by atoms with E-state index in [2.05, 4.69) is 18.7 Å². The fourth-order valence-electron chi connectivity index (χ4n) is 4.46. The van der Waals surface area contributed by atoms with Gasteiger partial charge in [0.05, 0.1) is 19.8 Å². The summed E-state index contributed by atoms with van der Waals surface area (Å²) in [6, 6.07) is -1.04. The van der Waals surface area contributed by atoms with Gasteiger partial charge in [-0.2, -0.15) is 4.31 Å². The highest BCUT2D eigenvalue weighted by atomic mass is 31.3. The van der Waals surface area contributed by atoms with Crippen molar-refractivity contribution in [1.82, 2.24) is 14.9 Å². The van der Waals surface area contributed by atoms with E-state index in [-0.39, 0.29) is 0 Å². The largest absolute Gasteiger partial charge is 0.483 e. The molecule has 49 heavy (non-hydrogen) atoms. The lowest BCUT2D eigenvalue weighted by atomic mass is 9.96. The molecular formula is C20H32N3O23P3. The minimum atomic E-state index is -5.84. The number of amides is 1. The van der Waals surface area contributed by atoms with Crippen molar-refractivity contribution in [2.75, 3.05) is 19.8 Å². The lowest BCUT2D eigenvalue weighted by Crippen LogP contribution is -2.65. The Hall–Kier alpha value is -2.29. The van der Waals surface area contributed by atoms with Crippen LogP contribution in [0.2, 0.25) is 0 Å². The van der Waals surface area contributed by atoms with Crippen LogP contribution in [-0.2, 0) is 55.4 Å². The summed E-state index contributed by atoms with van der Waals surface area (Å²) in [5.41, 5.74) is -1.84. The number of nitrogens with zero attached hydrogens (tertiary/aromatic N) is 1. The normalized spacial score (nSPS) is 32.1. The number of ether oxygens (including phenoxy) is 3. The predicted octanol–water partition coefficient (Wildman–Crippen LogP) is -5.06. The standard InChI is InChI=1S/C20H32N3O23P3/c1-7(25)21-12-14(28)16(40-5-10(18(30)31)44-47(33,34)35)8(4-24)43-19(12)45-49(38,39)46-48(36,37)41-6-9-13(27)15(29)17(42-9)23-3-2-11(26)22-20(23)32/h2-3,8-10,12-17,19,24,27-29H,4-6H2,1H3,(H,21,25)(H,30,31)(H,36,37)(H,38,39)(H,22,26,32)(H2,33,34,35)/t8?,9-,10?,12?,13-,14?,15-,16?,17-,19?/m1/s1. The molecule has 12 atom stereocenters. The van der Waals surface area contributed by atoms with Gasteiger partial charge < -0.3 is 64.6 Å². The van der Waals surface area contributed by atoms with E-state index in [0.717, 1.165) is 19.2 Å². The zero-order chi connectivity index (χ0) is 37.1. The molecule has 2 saturated heterocycles. The molecule has 29 heteroatoms. The number of nitrogens with one attached hydrogen (secondary N) is 2. The fraction of sp³-hybridized carbons (Fsp3) is 0.700. The van der Waals surface area contributed by atoms with Gasteiger partial charge in [-0.3, -0.25) is 32.7 Å². The molecule has 11 N–H and O–H groups in total. The summed E-state index contributed by atoms with van der Waals surface area (Å²) in [5, 5.41) is 52.3. The summed E-state index contributed by atoms with van der Waals surface area (Å²) in [7, 11) is -16.9. The van der Waals surface area contributed by atoms with Gasteiger partial charge in [0.25, 0.3) is 5.56 Å². The van der Waals surface area contributed by atoms with Gasteiger partial charge in [-0.05, 0) is 0 Å². The average molecular weight is 775 g/mol. The van der Waals surface area contributed by atoms with Crippen molar-refractivity contribution in [2.45, 2.75) is 68.2 Å². The highest BCUT2D eigenvalue weighted by Crippen LogP contribution is 2.61. The van der Waals surface area contributed by atoms with Gasteiger partial charge in [-0.15, -0.1) is 0 Å². The smallest absolute Gasteiger partial charge is 0.479 e. The molecule has 280 valence electrons. The van der Waals surface area contributed by atoms with Crippen LogP contribution in [0.5, 0.6) is 0 Å². The maximum Gasteiger partial charge on any atom is 0.483 e. The number of carboxylic acids is 1. The van der Waals surface area contributed by atoms with Crippen molar-refractivity contribution < 1.29 is 100 Å². The number of phosphoric acid groups is 3. The Labute approximate surface area is 272 Å². The van der Waals surface area contributed by atoms with Crippen LogP contribution in [0.4, 0.5) is 0 Å². The first-order chi connectivity index (χ1) is 22.5. The maximum absolute atomic E-state index is 12.7. The molecule has 2 aliphatic rings. The van der Waals surface area contributed by atoms with E-state index in [0.29, 0.717) is 4.57 Å². The van der Waals surface area contributed by atoms with Crippen LogP contribution < -0.4 is 16.6 Å². The number of aromatic amines is 1. The summed E-state index contributed by atoms with van der Waals surface area (Å²) >= 11 is 0. The minimum absolute atomic E-state index is 0.681. The van der Waals surface area contributed by atoms with Gasteiger partial charge in [0.1, 0.15) is 42.7 Å². The molecule has 8 unspecified atom stereocenters. The van der Waals surface area contributed by atoms with Gasteiger partial charge in [0.2, 0.25) is 5.91 Å². The Balaban J connectivity index is 1.69. The number of carbonyl (C=O) groups excluding carboxylic acids is 1. The van der Waals surface area contributed by atoms with Crippen molar-refractivity contribution in [3.63, 3.8) is 0 Å². The van der Waals surface area contributed by atoms with Gasteiger partial charge >= 0.3 is 35.1 Å². The topological polar surface area (TPSA) is 399 Å². The number of hydrogen-bond donors (Lipinski definition) is 11. The summed E-state index contributed by atoms with van der Waals surface area (Å²) in [6.07, 6.45) is -16.4. The van der Waals surface area contributed by atoms with E-state index in [4.69, 9.17) is 33.6 Å². The Kier molecular flexibility index (Phi) is 13.7. The van der Waals surface area contributed by atoms with E-state index in [1.807, 2.05) is 4.98 Å². The lowest BCUT2D eigenvalue weighted by Gasteiger charge is -2.44. The van der Waals surface area contributed by atoms with Gasteiger partial charge in [0.15, 0.2) is 18.6 Å². The zero-order valence-corrected chi connectivity index (χ0v) is 27.3. The second kappa shape index (κ2) is 16.4. The zero-order valence-electron chi connectivity index (χ0n) is 24.6. The van der Waals surface area contributed by atoms with Crippen LogP contribution in [0.15, 0.2) is 21.9 Å². The van der Waals surface area contributed by atoms with Crippen LogP contribution >= 0.6 is 23.5 Å². The molecule has 0 radical (unpaired) electrons. The summed E-state index contributed by atoms with van der Waals surface area (Å²) < 4.78 is 70.2. The molecule has 1 amide bonds. The molecule has 0 aliphatic carbocycles. The van der Waals surface area contributed by atoms with Crippen molar-refractivity contribution in [3.8, 4) is 0 Å². The Bertz CT molecular complexity index is 1600. The van der Waals surface area contributed by atoms with Gasteiger partial charge in [-0.25, -0.2) is 23.3 Å². The molecule has 0 bridgehead atoms. The Morgan fingerprint density at radius 1 is 1.02 bits per heavy atom. The number of aliphatic carboxylic acids is 1. The first kappa shape index (κ1) is 41.1. The van der Waals surface area contributed by atoms with E-state index in [1.54, 1.807) is 0 Å². The van der Waals surface area contributed by atoms with E-state index in [9.17, 15) is 63.1 Å². The predicted molar refractivity (Wildman–Crippen MR) is 149 cm³/mol. The second-order valence-corrected chi connectivity index (χ2v) is 14.3. The maximum atomic E-state index is 12.7. The Morgan fingerprint density at radius 2 is 1.67 bits per heavy atom. The van der Waals surface area contributed by atoms with Crippen LogP contribution in [0.25, 0.3) is 0 Å². The number of hydrogen-bond acceptors (Lipinski definition) is 18. The average Bonchev–Trinajstić information content (AvgIpc) is 3.23. The monoisotopic (exact) mass is 775 g/mol. The third kappa shape index (κ3) is 11.4. The van der Waals surface area contributed by atoms with Crippen molar-refractivity contribution in [1.29, 1.82) is 0 Å². The molecule has 2 aliphatic heterocycles. The first-order valence-corrected chi connectivity index (χ1v) is 17.9. The van der Waals surface area contributed by atoms with Gasteiger partial charge in [-0.1, -0.05) is 0 Å². The lowest BCUT2D eigenvalue weighted by molar-refractivity contribution is -0.260. The molecule has 3 heterocycles. The minimum Gasteiger partial charge on any atom is -0.479 e. The second-order valence-electron chi connectivity index (χ2n) is 10.1. The molecule has 0 saturated carbocycles. The number of carbonyl (C=O) groups is 2. The van der Waals surface area contributed by atoms with Crippen LogP contribution in [0.3, 0.4) is 0 Å². The summed E-state index contributed by atoms with van der Waals surface area (Å²) in [5.74, 6) is -2.86. The summed E-state index contributed by atoms with van der Waals surface area (Å²) in [4.78, 5) is 86.4. The highest BCUT2D eigenvalue weighted by molar-refractivity contribution is 7.61. The highest BCUT2D eigenvalue weighted by Gasteiger charge is 2.51. The number of carboxylic acid groups (broad SMARTS) is 1. The van der Waals surface area contributed by atoms with E-state index in [1.165, 1.54) is 0 Å².